The largest absolute Gasteiger partial charge is 0.316 e. The van der Waals surface area contributed by atoms with Crippen LogP contribution >= 0.6 is 0 Å². The molecule has 1 atom stereocenters. The molecule has 20 heavy (non-hydrogen) atoms. The molecule has 0 amide bonds. The number of nitrogens with one attached hydrogen (secondary N) is 1. The van der Waals surface area contributed by atoms with Gasteiger partial charge >= 0.3 is 0 Å². The molecule has 1 heterocycles. The Bertz CT molecular complexity index is 482. The smallest absolute Gasteiger partial charge is 0.167 e. The Labute approximate surface area is 123 Å². The van der Waals surface area contributed by atoms with Crippen molar-refractivity contribution in [3.05, 3.63) is 34.4 Å². The van der Waals surface area contributed by atoms with Crippen LogP contribution in [0, 0.1) is 19.8 Å². The molecule has 0 spiro atoms. The number of Topliss-reactive ketones (excluding diaryl/α,β-unsaturated/α-hetero) is 1. The van der Waals surface area contributed by atoms with E-state index in [0.717, 1.165) is 42.6 Å². The Balaban J connectivity index is 2.35. The van der Waals surface area contributed by atoms with E-state index in [0.29, 0.717) is 5.78 Å². The number of hydrogen-bond acceptors (Lipinski definition) is 2. The lowest BCUT2D eigenvalue weighted by Crippen LogP contribution is -2.35. The number of ketones is 1. The van der Waals surface area contributed by atoms with E-state index < -0.39 is 0 Å². The van der Waals surface area contributed by atoms with Gasteiger partial charge in [0.15, 0.2) is 5.78 Å². The average molecular weight is 273 g/mol. The minimum atomic E-state index is 0.128. The van der Waals surface area contributed by atoms with Crippen LogP contribution in [0.5, 0.6) is 0 Å². The maximum absolute atomic E-state index is 12.8. The van der Waals surface area contributed by atoms with Gasteiger partial charge in [0, 0.05) is 18.0 Å². The van der Waals surface area contributed by atoms with Gasteiger partial charge in [0.05, 0.1) is 0 Å². The highest BCUT2D eigenvalue weighted by Gasteiger charge is 2.26. The van der Waals surface area contributed by atoms with Crippen molar-refractivity contribution in [1.82, 2.24) is 5.32 Å². The number of benzene rings is 1. The molecule has 1 aliphatic rings. The van der Waals surface area contributed by atoms with Crippen molar-refractivity contribution in [2.75, 3.05) is 13.1 Å². The number of hydrogen-bond donors (Lipinski definition) is 1. The lowest BCUT2D eigenvalue weighted by Gasteiger charge is -2.25. The number of carbonyl (C=O) groups is 1. The summed E-state index contributed by atoms with van der Waals surface area (Å²) in [5, 5.41) is 3.34. The highest BCUT2D eigenvalue weighted by Crippen LogP contribution is 2.29. The van der Waals surface area contributed by atoms with Gasteiger partial charge in [-0.1, -0.05) is 32.9 Å². The van der Waals surface area contributed by atoms with Crippen molar-refractivity contribution in [1.29, 1.82) is 0 Å². The number of aryl methyl sites for hydroxylation is 2. The summed E-state index contributed by atoms with van der Waals surface area (Å²) in [5.74, 6) is 0.481. The van der Waals surface area contributed by atoms with Gasteiger partial charge in [-0.15, -0.1) is 0 Å². The zero-order valence-corrected chi connectivity index (χ0v) is 13.5. The molecular weight excluding hydrogens is 246 g/mol. The highest BCUT2D eigenvalue weighted by atomic mass is 16.1. The first kappa shape index (κ1) is 15.2. The van der Waals surface area contributed by atoms with Crippen LogP contribution in [0.25, 0.3) is 0 Å². The van der Waals surface area contributed by atoms with Gasteiger partial charge < -0.3 is 5.32 Å². The van der Waals surface area contributed by atoms with Crippen molar-refractivity contribution in [3.63, 3.8) is 0 Å². The van der Waals surface area contributed by atoms with Gasteiger partial charge in [-0.2, -0.15) is 0 Å². The summed E-state index contributed by atoms with van der Waals surface area (Å²) < 4.78 is 0. The number of piperidine rings is 1. The predicted octanol–water partition coefficient (Wildman–Crippen LogP) is 3.78. The minimum Gasteiger partial charge on any atom is -0.316 e. The molecular formula is C18H27NO. The van der Waals surface area contributed by atoms with Gasteiger partial charge in [-0.3, -0.25) is 4.79 Å². The molecule has 1 fully saturated rings. The minimum absolute atomic E-state index is 0.128. The third kappa shape index (κ3) is 3.12. The summed E-state index contributed by atoms with van der Waals surface area (Å²) in [6, 6.07) is 4.38. The average Bonchev–Trinajstić information content (AvgIpc) is 2.37. The molecule has 1 N–H and O–H groups in total. The van der Waals surface area contributed by atoms with E-state index in [1.165, 1.54) is 5.56 Å². The third-order valence-corrected chi connectivity index (χ3v) is 4.31. The lowest BCUT2D eigenvalue weighted by atomic mass is 9.81. The molecule has 0 radical (unpaired) electrons. The molecule has 1 aromatic rings. The lowest BCUT2D eigenvalue weighted by molar-refractivity contribution is 0.0898. The Morgan fingerprint density at radius 3 is 2.25 bits per heavy atom. The molecule has 0 saturated carbocycles. The fourth-order valence-corrected chi connectivity index (χ4v) is 3.06. The Kier molecular flexibility index (Phi) is 4.33. The molecule has 0 aliphatic carbocycles. The van der Waals surface area contributed by atoms with Crippen LogP contribution in [0.15, 0.2) is 12.1 Å². The van der Waals surface area contributed by atoms with Crippen LogP contribution in [0.1, 0.15) is 60.7 Å². The highest BCUT2D eigenvalue weighted by molar-refractivity contribution is 6.00. The molecule has 0 aromatic heterocycles. The van der Waals surface area contributed by atoms with E-state index >= 15 is 0 Å². The van der Waals surface area contributed by atoms with Crippen LogP contribution in [-0.4, -0.2) is 18.9 Å². The van der Waals surface area contributed by atoms with Gasteiger partial charge in [-0.05, 0) is 55.3 Å². The summed E-state index contributed by atoms with van der Waals surface area (Å²) in [6.45, 7) is 12.7. The van der Waals surface area contributed by atoms with E-state index in [1.807, 2.05) is 0 Å². The zero-order chi connectivity index (χ0) is 14.9. The summed E-state index contributed by atoms with van der Waals surface area (Å²) in [5.41, 5.74) is 4.65. The van der Waals surface area contributed by atoms with Crippen LogP contribution in [0.4, 0.5) is 0 Å². The Morgan fingerprint density at radius 2 is 1.80 bits per heavy atom. The van der Waals surface area contributed by atoms with Crippen molar-refractivity contribution in [2.45, 2.75) is 52.9 Å². The Hall–Kier alpha value is -1.15. The second-order valence-electron chi connectivity index (χ2n) is 7.14. The summed E-state index contributed by atoms with van der Waals surface area (Å²) in [4.78, 5) is 12.8. The first-order valence-electron chi connectivity index (χ1n) is 7.67. The standard InChI is InChI=1S/C18H27NO/c1-12-9-15(18(3,4)5)10-13(2)16(12)17(20)14-7-6-8-19-11-14/h9-10,14,19H,6-8,11H2,1-5H3. The summed E-state index contributed by atoms with van der Waals surface area (Å²) in [7, 11) is 0. The number of rotatable bonds is 2. The molecule has 1 aliphatic heterocycles. The van der Waals surface area contributed by atoms with E-state index in [-0.39, 0.29) is 11.3 Å². The maximum Gasteiger partial charge on any atom is 0.167 e. The van der Waals surface area contributed by atoms with Crippen molar-refractivity contribution < 1.29 is 4.79 Å². The van der Waals surface area contributed by atoms with Gasteiger partial charge in [0.2, 0.25) is 0 Å². The second kappa shape index (κ2) is 5.69. The quantitative estimate of drug-likeness (QED) is 0.831. The van der Waals surface area contributed by atoms with E-state index in [2.05, 4.69) is 52.1 Å². The fourth-order valence-electron chi connectivity index (χ4n) is 3.06. The summed E-state index contributed by atoms with van der Waals surface area (Å²) in [6.07, 6.45) is 2.13. The molecule has 110 valence electrons. The Morgan fingerprint density at radius 1 is 1.20 bits per heavy atom. The van der Waals surface area contributed by atoms with Gasteiger partial charge in [0.1, 0.15) is 0 Å². The van der Waals surface area contributed by atoms with Crippen LogP contribution in [-0.2, 0) is 5.41 Å². The SMILES string of the molecule is Cc1cc(C(C)(C)C)cc(C)c1C(=O)C1CCCNC1. The topological polar surface area (TPSA) is 29.1 Å². The van der Waals surface area contributed by atoms with Crippen LogP contribution < -0.4 is 5.32 Å². The van der Waals surface area contributed by atoms with Crippen molar-refractivity contribution >= 4 is 5.78 Å². The van der Waals surface area contributed by atoms with E-state index in [4.69, 9.17) is 0 Å². The molecule has 2 heteroatoms. The molecule has 2 rings (SSSR count). The van der Waals surface area contributed by atoms with E-state index in [9.17, 15) is 4.79 Å². The van der Waals surface area contributed by atoms with Crippen molar-refractivity contribution in [2.24, 2.45) is 5.92 Å². The third-order valence-electron chi connectivity index (χ3n) is 4.31. The zero-order valence-electron chi connectivity index (χ0n) is 13.5. The van der Waals surface area contributed by atoms with Gasteiger partial charge in [0.25, 0.3) is 0 Å². The number of carbonyl (C=O) groups excluding carboxylic acids is 1. The molecule has 1 aromatic carbocycles. The molecule has 1 saturated heterocycles. The molecule has 1 unspecified atom stereocenters. The van der Waals surface area contributed by atoms with Gasteiger partial charge in [-0.25, -0.2) is 0 Å². The monoisotopic (exact) mass is 273 g/mol. The first-order chi connectivity index (χ1) is 9.30. The molecule has 0 bridgehead atoms. The van der Waals surface area contributed by atoms with Crippen LogP contribution in [0.2, 0.25) is 0 Å². The fraction of sp³-hybridized carbons (Fsp3) is 0.611. The van der Waals surface area contributed by atoms with E-state index in [1.54, 1.807) is 0 Å². The van der Waals surface area contributed by atoms with Crippen molar-refractivity contribution in [3.8, 4) is 0 Å². The maximum atomic E-state index is 12.8. The summed E-state index contributed by atoms with van der Waals surface area (Å²) >= 11 is 0. The molecule has 2 nitrogen and oxygen atoms in total. The first-order valence-corrected chi connectivity index (χ1v) is 7.67. The van der Waals surface area contributed by atoms with Crippen LogP contribution in [0.3, 0.4) is 0 Å². The predicted molar refractivity (Wildman–Crippen MR) is 84.5 cm³/mol. The normalized spacial score (nSPS) is 19.9. The second-order valence-corrected chi connectivity index (χ2v) is 7.14.